The third kappa shape index (κ3) is 0.762. The molecule has 0 amide bonds. The summed E-state index contributed by atoms with van der Waals surface area (Å²) in [7, 11) is 0. The van der Waals surface area contributed by atoms with Gasteiger partial charge in [0.15, 0.2) is 0 Å². The van der Waals surface area contributed by atoms with Gasteiger partial charge in [-0.05, 0) is 42.4 Å². The van der Waals surface area contributed by atoms with Crippen LogP contribution in [0.15, 0.2) is 0 Å². The van der Waals surface area contributed by atoms with Crippen LogP contribution >= 0.6 is 0 Å². The van der Waals surface area contributed by atoms with E-state index in [9.17, 15) is 4.79 Å². The number of carbonyl (C=O) groups is 1. The highest BCUT2D eigenvalue weighted by Gasteiger charge is 2.75. The van der Waals surface area contributed by atoms with E-state index in [2.05, 4.69) is 27.7 Å². The molecular weight excluding hydrogens is 196 g/mol. The van der Waals surface area contributed by atoms with Gasteiger partial charge < -0.3 is 0 Å². The Balaban J connectivity index is 2.24. The Morgan fingerprint density at radius 1 is 1.12 bits per heavy atom. The van der Waals surface area contributed by atoms with E-state index >= 15 is 0 Å². The zero-order valence-corrected chi connectivity index (χ0v) is 11.1. The van der Waals surface area contributed by atoms with E-state index in [0.29, 0.717) is 22.5 Å². The van der Waals surface area contributed by atoms with Crippen LogP contribution in [0.2, 0.25) is 0 Å². The first-order chi connectivity index (χ1) is 7.40. The average molecular weight is 220 g/mol. The van der Waals surface area contributed by atoms with Gasteiger partial charge in [-0.15, -0.1) is 0 Å². The molecule has 0 aromatic rings. The molecule has 3 fully saturated rings. The Morgan fingerprint density at radius 3 is 2.44 bits per heavy atom. The highest BCUT2D eigenvalue weighted by atomic mass is 16.1. The number of rotatable bonds is 0. The van der Waals surface area contributed by atoms with Crippen LogP contribution in [0.4, 0.5) is 0 Å². The summed E-state index contributed by atoms with van der Waals surface area (Å²) in [6, 6.07) is 0. The van der Waals surface area contributed by atoms with Crippen molar-refractivity contribution in [2.75, 3.05) is 0 Å². The Bertz CT molecular complexity index is 352. The first-order valence-electron chi connectivity index (χ1n) is 6.94. The quantitative estimate of drug-likeness (QED) is 0.606. The number of ketones is 1. The molecule has 3 aliphatic rings. The van der Waals surface area contributed by atoms with Crippen molar-refractivity contribution in [2.24, 2.45) is 28.1 Å². The van der Waals surface area contributed by atoms with E-state index in [1.807, 2.05) is 0 Å². The Kier molecular flexibility index (Phi) is 1.85. The molecule has 3 aliphatic carbocycles. The highest BCUT2D eigenvalue weighted by Crippen LogP contribution is 2.78. The fraction of sp³-hybridized carbons (Fsp3) is 0.933. The van der Waals surface area contributed by atoms with Gasteiger partial charge in [0.05, 0.1) is 0 Å². The van der Waals surface area contributed by atoms with Gasteiger partial charge in [-0.25, -0.2) is 0 Å². The van der Waals surface area contributed by atoms with Crippen molar-refractivity contribution in [3.05, 3.63) is 0 Å². The van der Waals surface area contributed by atoms with Gasteiger partial charge in [0.25, 0.3) is 0 Å². The summed E-state index contributed by atoms with van der Waals surface area (Å²) in [6.45, 7) is 9.09. The van der Waals surface area contributed by atoms with Gasteiger partial charge in [0.2, 0.25) is 0 Å². The van der Waals surface area contributed by atoms with E-state index in [1.165, 1.54) is 32.1 Å². The van der Waals surface area contributed by atoms with E-state index < -0.39 is 0 Å². The minimum absolute atomic E-state index is 0.0618. The smallest absolute Gasteiger partial charge is 0.142 e. The van der Waals surface area contributed by atoms with Crippen molar-refractivity contribution in [2.45, 2.75) is 59.8 Å². The van der Waals surface area contributed by atoms with Gasteiger partial charge in [-0.1, -0.05) is 34.1 Å². The third-order valence-corrected chi connectivity index (χ3v) is 6.95. The minimum Gasteiger partial charge on any atom is -0.299 e. The molecule has 0 aromatic carbocycles. The van der Waals surface area contributed by atoms with Crippen LogP contribution in [-0.2, 0) is 4.79 Å². The normalized spacial score (nSPS) is 54.1. The third-order valence-electron chi connectivity index (χ3n) is 6.95. The van der Waals surface area contributed by atoms with Gasteiger partial charge in [-0.2, -0.15) is 0 Å². The number of Topliss-reactive ketones (excluding diaryl/α,β-unsaturated/α-hetero) is 1. The maximum atomic E-state index is 12.6. The molecule has 90 valence electrons. The van der Waals surface area contributed by atoms with E-state index in [4.69, 9.17) is 0 Å². The second-order valence-electron chi connectivity index (χ2n) is 7.13. The first-order valence-corrected chi connectivity index (χ1v) is 6.94. The standard InChI is InChI=1S/C15H24O/c1-10-6-9-14-7-5-8-15(10,14)11(2)12(16)13(14,3)4/h10-11H,5-9H2,1-4H3/t10?,11?,14-,15+/m0/s1. The summed E-state index contributed by atoms with van der Waals surface area (Å²) >= 11 is 0. The molecule has 1 nitrogen and oxygen atoms in total. The van der Waals surface area contributed by atoms with Crippen LogP contribution in [0.25, 0.3) is 0 Å². The van der Waals surface area contributed by atoms with Gasteiger partial charge in [0.1, 0.15) is 5.78 Å². The van der Waals surface area contributed by atoms with Crippen LogP contribution in [0.5, 0.6) is 0 Å². The summed E-state index contributed by atoms with van der Waals surface area (Å²) < 4.78 is 0. The van der Waals surface area contributed by atoms with Crippen molar-refractivity contribution in [3.63, 3.8) is 0 Å². The maximum Gasteiger partial charge on any atom is 0.142 e. The fourth-order valence-electron chi connectivity index (χ4n) is 6.23. The lowest BCUT2D eigenvalue weighted by Gasteiger charge is -2.44. The van der Waals surface area contributed by atoms with Gasteiger partial charge in [0, 0.05) is 11.3 Å². The predicted octanol–water partition coefficient (Wildman–Crippen LogP) is 3.82. The first kappa shape index (κ1) is 10.8. The van der Waals surface area contributed by atoms with Crippen LogP contribution in [0.3, 0.4) is 0 Å². The molecule has 0 saturated heterocycles. The molecule has 0 aromatic heterocycles. The topological polar surface area (TPSA) is 17.1 Å². The summed E-state index contributed by atoms with van der Waals surface area (Å²) in [4.78, 5) is 12.6. The minimum atomic E-state index is -0.0618. The van der Waals surface area contributed by atoms with E-state index in [1.54, 1.807) is 0 Å². The van der Waals surface area contributed by atoms with Crippen LogP contribution in [0.1, 0.15) is 59.8 Å². The molecular formula is C15H24O. The predicted molar refractivity (Wildman–Crippen MR) is 65.1 cm³/mol. The molecule has 1 heteroatoms. The van der Waals surface area contributed by atoms with Crippen molar-refractivity contribution >= 4 is 5.78 Å². The lowest BCUT2D eigenvalue weighted by atomic mass is 9.58. The summed E-state index contributed by atoms with van der Waals surface area (Å²) in [5.41, 5.74) is 0.664. The summed E-state index contributed by atoms with van der Waals surface area (Å²) in [5, 5.41) is 0. The lowest BCUT2D eigenvalue weighted by Crippen LogP contribution is -2.41. The fourth-order valence-corrected chi connectivity index (χ4v) is 6.23. The molecule has 0 bridgehead atoms. The van der Waals surface area contributed by atoms with Crippen molar-refractivity contribution in [3.8, 4) is 0 Å². The second-order valence-corrected chi connectivity index (χ2v) is 7.13. The summed E-state index contributed by atoms with van der Waals surface area (Å²) in [6.07, 6.45) is 6.62. The maximum absolute atomic E-state index is 12.6. The second kappa shape index (κ2) is 2.73. The van der Waals surface area contributed by atoms with Crippen LogP contribution in [0, 0.1) is 28.1 Å². The molecule has 3 rings (SSSR count). The number of hydrogen-bond acceptors (Lipinski definition) is 1. The Morgan fingerprint density at radius 2 is 1.81 bits per heavy atom. The number of carbonyl (C=O) groups excluding carboxylic acids is 1. The zero-order chi connectivity index (χ0) is 11.8. The zero-order valence-electron chi connectivity index (χ0n) is 11.1. The Hall–Kier alpha value is -0.330. The van der Waals surface area contributed by atoms with Crippen molar-refractivity contribution in [1.82, 2.24) is 0 Å². The van der Waals surface area contributed by atoms with Gasteiger partial charge >= 0.3 is 0 Å². The lowest BCUT2D eigenvalue weighted by molar-refractivity contribution is -0.130. The summed E-state index contributed by atoms with van der Waals surface area (Å²) in [5.74, 6) is 1.62. The Labute approximate surface area is 99.0 Å². The molecule has 4 atom stereocenters. The van der Waals surface area contributed by atoms with E-state index in [0.717, 1.165) is 5.92 Å². The average Bonchev–Trinajstić information content (AvgIpc) is 2.78. The molecule has 16 heavy (non-hydrogen) atoms. The van der Waals surface area contributed by atoms with Crippen LogP contribution in [-0.4, -0.2) is 5.78 Å². The molecule has 0 N–H and O–H groups in total. The number of hydrogen-bond donors (Lipinski definition) is 0. The van der Waals surface area contributed by atoms with E-state index in [-0.39, 0.29) is 5.41 Å². The van der Waals surface area contributed by atoms with Gasteiger partial charge in [-0.3, -0.25) is 4.79 Å². The van der Waals surface area contributed by atoms with Crippen LogP contribution < -0.4 is 0 Å². The molecule has 0 radical (unpaired) electrons. The largest absolute Gasteiger partial charge is 0.299 e. The SMILES string of the molecule is CC1CC[C@]23CCC[C@]12C(C)C(=O)C3(C)C. The monoisotopic (exact) mass is 220 g/mol. The molecule has 3 saturated carbocycles. The van der Waals surface area contributed by atoms with Crippen molar-refractivity contribution in [1.29, 1.82) is 0 Å². The molecule has 0 aliphatic heterocycles. The molecule has 0 heterocycles. The highest BCUT2D eigenvalue weighted by molar-refractivity contribution is 5.91. The molecule has 2 unspecified atom stereocenters. The van der Waals surface area contributed by atoms with Crippen molar-refractivity contribution < 1.29 is 4.79 Å². The molecule has 0 spiro atoms.